The number of nitrogens with zero attached hydrogens (tertiary/aromatic N) is 3. The standard InChI is InChI=1S/C9H15BrN3O2/c10-2-1-3-12-4-5-13(6-7-14)9(12)8-11-15/h4-5,14H,1-3,6-8H2/q+1. The molecule has 1 aromatic rings. The van der Waals surface area contributed by atoms with Crippen molar-refractivity contribution in [1.82, 2.24) is 4.57 Å². The van der Waals surface area contributed by atoms with Crippen LogP contribution in [0.4, 0.5) is 0 Å². The zero-order valence-corrected chi connectivity index (χ0v) is 10.1. The Balaban J connectivity index is 2.79. The first-order valence-corrected chi connectivity index (χ1v) is 5.99. The second-order valence-electron chi connectivity index (χ2n) is 3.15. The molecule has 0 aliphatic carbocycles. The van der Waals surface area contributed by atoms with Crippen LogP contribution in [0.15, 0.2) is 17.6 Å². The molecular formula is C9H15BrN3O2+. The fraction of sp³-hybridized carbons (Fsp3) is 0.667. The number of alkyl halides is 1. The maximum Gasteiger partial charge on any atom is 0.282 e. The molecule has 0 aromatic carbocycles. The molecule has 0 bridgehead atoms. The van der Waals surface area contributed by atoms with Crippen LogP contribution in [0.2, 0.25) is 0 Å². The van der Waals surface area contributed by atoms with Gasteiger partial charge >= 0.3 is 0 Å². The molecule has 0 fully saturated rings. The predicted molar refractivity (Wildman–Crippen MR) is 59.6 cm³/mol. The van der Waals surface area contributed by atoms with Crippen LogP contribution < -0.4 is 4.57 Å². The van der Waals surface area contributed by atoms with Gasteiger partial charge in [-0.25, -0.2) is 9.13 Å². The van der Waals surface area contributed by atoms with Crippen LogP contribution in [-0.4, -0.2) is 21.6 Å². The molecule has 5 nitrogen and oxygen atoms in total. The van der Waals surface area contributed by atoms with Crippen molar-refractivity contribution in [3.8, 4) is 0 Å². The lowest BCUT2D eigenvalue weighted by Crippen LogP contribution is -2.37. The summed E-state index contributed by atoms with van der Waals surface area (Å²) in [6, 6.07) is 0. The molecule has 0 saturated carbocycles. The van der Waals surface area contributed by atoms with Crippen molar-refractivity contribution in [3.63, 3.8) is 0 Å². The van der Waals surface area contributed by atoms with Crippen LogP contribution in [0.25, 0.3) is 0 Å². The topological polar surface area (TPSA) is 58.5 Å². The van der Waals surface area contributed by atoms with Gasteiger partial charge in [0.2, 0.25) is 0 Å². The minimum atomic E-state index is 0.0684. The zero-order valence-electron chi connectivity index (χ0n) is 8.47. The predicted octanol–water partition coefficient (Wildman–Crippen LogP) is 0.819. The van der Waals surface area contributed by atoms with Gasteiger partial charge in [-0.15, -0.1) is 0 Å². The van der Waals surface area contributed by atoms with Crippen molar-refractivity contribution in [2.75, 3.05) is 11.9 Å². The second kappa shape index (κ2) is 6.68. The summed E-state index contributed by atoms with van der Waals surface area (Å²) in [4.78, 5) is 10.3. The van der Waals surface area contributed by atoms with Gasteiger partial charge in [-0.2, -0.15) is 4.91 Å². The van der Waals surface area contributed by atoms with E-state index in [1.807, 2.05) is 21.5 Å². The summed E-state index contributed by atoms with van der Waals surface area (Å²) in [6.07, 6.45) is 4.78. The molecule has 1 aromatic heterocycles. The highest BCUT2D eigenvalue weighted by Gasteiger charge is 2.16. The highest BCUT2D eigenvalue weighted by molar-refractivity contribution is 9.09. The van der Waals surface area contributed by atoms with E-state index < -0.39 is 0 Å². The quantitative estimate of drug-likeness (QED) is 0.455. The summed E-state index contributed by atoms with van der Waals surface area (Å²) in [5.74, 6) is 0.847. The normalized spacial score (nSPS) is 10.5. The maximum absolute atomic E-state index is 10.3. The van der Waals surface area contributed by atoms with Crippen LogP contribution in [0.3, 0.4) is 0 Å². The highest BCUT2D eigenvalue weighted by atomic mass is 79.9. The van der Waals surface area contributed by atoms with Gasteiger partial charge in [0.05, 0.1) is 13.2 Å². The molecule has 84 valence electrons. The van der Waals surface area contributed by atoms with E-state index in [1.165, 1.54) is 0 Å². The van der Waals surface area contributed by atoms with E-state index in [-0.39, 0.29) is 13.2 Å². The van der Waals surface area contributed by atoms with Crippen LogP contribution in [0.5, 0.6) is 0 Å². The fourth-order valence-electron chi connectivity index (χ4n) is 1.48. The Morgan fingerprint density at radius 1 is 1.60 bits per heavy atom. The molecule has 1 heterocycles. The molecule has 0 saturated heterocycles. The smallest absolute Gasteiger partial charge is 0.282 e. The lowest BCUT2D eigenvalue weighted by Gasteiger charge is -2.00. The van der Waals surface area contributed by atoms with E-state index in [1.54, 1.807) is 0 Å². The minimum Gasteiger partial charge on any atom is -0.392 e. The van der Waals surface area contributed by atoms with Gasteiger partial charge in [0.1, 0.15) is 18.9 Å². The fourth-order valence-corrected chi connectivity index (χ4v) is 1.73. The van der Waals surface area contributed by atoms with Crippen molar-refractivity contribution in [3.05, 3.63) is 23.1 Å². The van der Waals surface area contributed by atoms with E-state index in [4.69, 9.17) is 5.11 Å². The third-order valence-corrected chi connectivity index (χ3v) is 2.73. The van der Waals surface area contributed by atoms with Crippen molar-refractivity contribution >= 4 is 15.9 Å². The first-order valence-electron chi connectivity index (χ1n) is 4.87. The van der Waals surface area contributed by atoms with Gasteiger partial charge < -0.3 is 5.11 Å². The Hall–Kier alpha value is -0.750. The molecule has 0 atom stereocenters. The average molecular weight is 277 g/mol. The zero-order chi connectivity index (χ0) is 11.1. The number of imidazole rings is 1. The van der Waals surface area contributed by atoms with E-state index in [2.05, 4.69) is 21.1 Å². The molecular weight excluding hydrogens is 262 g/mol. The van der Waals surface area contributed by atoms with Crippen molar-refractivity contribution in [1.29, 1.82) is 0 Å². The summed E-state index contributed by atoms with van der Waals surface area (Å²) in [5.41, 5.74) is 0. The number of halogens is 1. The van der Waals surface area contributed by atoms with Gasteiger partial charge in [0.15, 0.2) is 6.54 Å². The molecule has 1 N–H and O–H groups in total. The van der Waals surface area contributed by atoms with Gasteiger partial charge in [-0.05, 0) is 6.42 Å². The number of hydrogen-bond donors (Lipinski definition) is 1. The number of aliphatic hydroxyl groups excluding tert-OH is 1. The summed E-state index contributed by atoms with van der Waals surface area (Å²) < 4.78 is 3.86. The Morgan fingerprint density at radius 3 is 3.00 bits per heavy atom. The monoisotopic (exact) mass is 276 g/mol. The molecule has 6 heteroatoms. The Morgan fingerprint density at radius 2 is 2.40 bits per heavy atom. The molecule has 0 aliphatic heterocycles. The maximum atomic E-state index is 10.3. The van der Waals surface area contributed by atoms with E-state index in [0.29, 0.717) is 6.54 Å². The summed E-state index contributed by atoms with van der Waals surface area (Å²) >= 11 is 3.36. The summed E-state index contributed by atoms with van der Waals surface area (Å²) in [5, 5.41) is 12.7. The first-order chi connectivity index (χ1) is 7.33. The van der Waals surface area contributed by atoms with E-state index in [0.717, 1.165) is 24.1 Å². The average Bonchev–Trinajstić information content (AvgIpc) is 2.60. The number of aliphatic hydroxyl groups is 1. The number of hydrogen-bond acceptors (Lipinski definition) is 3. The highest BCUT2D eigenvalue weighted by Crippen LogP contribution is 1.99. The van der Waals surface area contributed by atoms with Gasteiger partial charge in [0, 0.05) is 5.33 Å². The van der Waals surface area contributed by atoms with Crippen LogP contribution in [0, 0.1) is 4.91 Å². The van der Waals surface area contributed by atoms with E-state index in [9.17, 15) is 4.91 Å². The first kappa shape index (κ1) is 12.3. The van der Waals surface area contributed by atoms with Crippen molar-refractivity contribution in [2.24, 2.45) is 5.18 Å². The SMILES string of the molecule is O=NCc1n(CCO)cc[n+]1CCCBr. The Labute approximate surface area is 96.8 Å². The summed E-state index contributed by atoms with van der Waals surface area (Å²) in [7, 11) is 0. The second-order valence-corrected chi connectivity index (χ2v) is 3.95. The third-order valence-electron chi connectivity index (χ3n) is 2.17. The van der Waals surface area contributed by atoms with Gasteiger partial charge in [-0.1, -0.05) is 21.1 Å². The minimum absolute atomic E-state index is 0.0684. The number of aromatic nitrogens is 2. The van der Waals surface area contributed by atoms with Crippen molar-refractivity contribution < 1.29 is 9.67 Å². The van der Waals surface area contributed by atoms with Crippen LogP contribution in [-0.2, 0) is 19.6 Å². The molecule has 0 unspecified atom stereocenters. The van der Waals surface area contributed by atoms with Gasteiger partial charge in [0.25, 0.3) is 5.82 Å². The number of nitroso groups, excluding NO2 is 1. The summed E-state index contributed by atoms with van der Waals surface area (Å²) in [6.45, 7) is 1.58. The number of aryl methyl sites for hydroxylation is 1. The van der Waals surface area contributed by atoms with Gasteiger partial charge in [-0.3, -0.25) is 0 Å². The lowest BCUT2D eigenvalue weighted by molar-refractivity contribution is -0.703. The molecule has 0 spiro atoms. The molecule has 15 heavy (non-hydrogen) atoms. The molecule has 1 rings (SSSR count). The van der Waals surface area contributed by atoms with Crippen LogP contribution in [0.1, 0.15) is 12.2 Å². The molecule has 0 radical (unpaired) electrons. The third kappa shape index (κ3) is 3.39. The van der Waals surface area contributed by atoms with Crippen molar-refractivity contribution in [2.45, 2.75) is 26.1 Å². The largest absolute Gasteiger partial charge is 0.392 e. The molecule has 0 aliphatic rings. The number of rotatable bonds is 7. The van der Waals surface area contributed by atoms with E-state index >= 15 is 0 Å². The Kier molecular flexibility index (Phi) is 5.49. The van der Waals surface area contributed by atoms with Crippen LogP contribution >= 0.6 is 15.9 Å². The Bertz CT molecular complexity index is 314. The lowest BCUT2D eigenvalue weighted by atomic mass is 10.4. The molecule has 0 amide bonds.